The Labute approximate surface area is 228 Å². The van der Waals surface area contributed by atoms with Crippen LogP contribution in [0.3, 0.4) is 0 Å². The van der Waals surface area contributed by atoms with Crippen LogP contribution in [0.4, 0.5) is 0 Å². The lowest BCUT2D eigenvalue weighted by Crippen LogP contribution is -2.58. The number of carbonyl (C=O) groups is 2. The van der Waals surface area contributed by atoms with E-state index in [1.54, 1.807) is 41.1 Å². The van der Waals surface area contributed by atoms with Gasteiger partial charge in [0, 0.05) is 25.2 Å². The maximum atomic E-state index is 13.3. The molecule has 0 aliphatic carbocycles. The second-order valence-electron chi connectivity index (χ2n) is 9.56. The third-order valence-electron chi connectivity index (χ3n) is 6.52. The maximum absolute atomic E-state index is 13.3. The van der Waals surface area contributed by atoms with Crippen LogP contribution in [-0.2, 0) is 20.9 Å². The van der Waals surface area contributed by atoms with Gasteiger partial charge in [0.05, 0.1) is 19.6 Å². The first-order valence-electron chi connectivity index (χ1n) is 12.6. The number of nitrogens with zero attached hydrogens (tertiary/aromatic N) is 2. The Morgan fingerprint density at radius 1 is 1.00 bits per heavy atom. The zero-order valence-corrected chi connectivity index (χ0v) is 22.5. The number of morpholine rings is 1. The molecule has 1 saturated heterocycles. The van der Waals surface area contributed by atoms with Gasteiger partial charge in [0.1, 0.15) is 23.7 Å². The van der Waals surface area contributed by atoms with Gasteiger partial charge >= 0.3 is 0 Å². The maximum Gasteiger partial charge on any atom is 0.260 e. The zero-order chi connectivity index (χ0) is 27.0. The molecule has 7 nitrogen and oxygen atoms in total. The average Bonchev–Trinajstić information content (AvgIpc) is 2.93. The van der Waals surface area contributed by atoms with E-state index < -0.39 is 5.60 Å². The minimum atomic E-state index is -1.02. The van der Waals surface area contributed by atoms with Gasteiger partial charge < -0.3 is 24.0 Å². The first-order valence-corrected chi connectivity index (χ1v) is 13.0. The molecule has 0 radical (unpaired) electrons. The molecule has 1 aliphatic heterocycles. The summed E-state index contributed by atoms with van der Waals surface area (Å²) in [4.78, 5) is 29.8. The van der Waals surface area contributed by atoms with Crippen LogP contribution in [0.5, 0.6) is 11.5 Å². The third kappa shape index (κ3) is 7.49. The van der Waals surface area contributed by atoms with Crippen LogP contribution in [0.2, 0.25) is 5.02 Å². The van der Waals surface area contributed by atoms with Gasteiger partial charge in [0.25, 0.3) is 5.91 Å². The number of aryl methyl sites for hydroxylation is 1. The molecule has 0 N–H and O–H groups in total. The van der Waals surface area contributed by atoms with Gasteiger partial charge in [-0.2, -0.15) is 0 Å². The number of hydrogen-bond donors (Lipinski definition) is 0. The Morgan fingerprint density at radius 2 is 1.71 bits per heavy atom. The van der Waals surface area contributed by atoms with Gasteiger partial charge in [-0.3, -0.25) is 9.59 Å². The molecule has 0 saturated carbocycles. The molecule has 38 heavy (non-hydrogen) atoms. The summed E-state index contributed by atoms with van der Waals surface area (Å²) in [6.07, 6.45) is 0.0619. The van der Waals surface area contributed by atoms with Crippen molar-refractivity contribution >= 4 is 23.4 Å². The highest BCUT2D eigenvalue weighted by molar-refractivity contribution is 6.30. The standard InChI is InChI=1S/C30H33ClN2O5/c1-23-8-6-7-11-27(23)36-20-29(35)33-16-17-38-30(21-33,22-37-26-14-12-25(31)13-15-26)18-28(34)32(2)19-24-9-4-3-5-10-24/h3-15H,16-22H2,1-2H3/t30-/m0/s1. The van der Waals surface area contributed by atoms with Gasteiger partial charge in [-0.05, 0) is 48.4 Å². The Balaban J connectivity index is 1.46. The van der Waals surface area contributed by atoms with Gasteiger partial charge in [0.2, 0.25) is 5.91 Å². The van der Waals surface area contributed by atoms with Crippen molar-refractivity contribution in [3.63, 3.8) is 0 Å². The Hall–Kier alpha value is -3.55. The monoisotopic (exact) mass is 536 g/mol. The lowest BCUT2D eigenvalue weighted by molar-refractivity contribution is -0.166. The van der Waals surface area contributed by atoms with Crippen LogP contribution in [0, 0.1) is 6.92 Å². The van der Waals surface area contributed by atoms with Crippen LogP contribution in [0.1, 0.15) is 17.5 Å². The van der Waals surface area contributed by atoms with E-state index in [0.717, 1.165) is 11.1 Å². The second-order valence-corrected chi connectivity index (χ2v) is 9.99. The number of carbonyl (C=O) groups excluding carboxylic acids is 2. The lowest BCUT2D eigenvalue weighted by Gasteiger charge is -2.42. The fourth-order valence-corrected chi connectivity index (χ4v) is 4.48. The van der Waals surface area contributed by atoms with Crippen molar-refractivity contribution in [2.45, 2.75) is 25.5 Å². The van der Waals surface area contributed by atoms with E-state index in [2.05, 4.69) is 0 Å². The number of benzene rings is 3. The number of hydrogen-bond acceptors (Lipinski definition) is 5. The van der Waals surface area contributed by atoms with E-state index in [9.17, 15) is 9.59 Å². The van der Waals surface area contributed by atoms with Crippen LogP contribution in [0.15, 0.2) is 78.9 Å². The minimum Gasteiger partial charge on any atom is -0.490 e. The van der Waals surface area contributed by atoms with Crippen molar-refractivity contribution in [2.24, 2.45) is 0 Å². The summed E-state index contributed by atoms with van der Waals surface area (Å²) in [7, 11) is 1.77. The second kappa shape index (κ2) is 12.8. The summed E-state index contributed by atoms with van der Waals surface area (Å²) in [5.41, 5.74) is 0.975. The molecule has 0 bridgehead atoms. The van der Waals surface area contributed by atoms with Crippen LogP contribution < -0.4 is 9.47 Å². The molecule has 0 unspecified atom stereocenters. The molecular weight excluding hydrogens is 504 g/mol. The van der Waals surface area contributed by atoms with Crippen LogP contribution in [-0.4, -0.2) is 67.2 Å². The Bertz CT molecular complexity index is 1220. The summed E-state index contributed by atoms with van der Waals surface area (Å²) in [6.45, 7) is 3.32. The highest BCUT2D eigenvalue weighted by atomic mass is 35.5. The summed E-state index contributed by atoms with van der Waals surface area (Å²) < 4.78 is 18.1. The third-order valence-corrected chi connectivity index (χ3v) is 6.78. The molecule has 1 fully saturated rings. The van der Waals surface area contributed by atoms with E-state index in [-0.39, 0.29) is 44.6 Å². The molecule has 4 rings (SSSR count). The van der Waals surface area contributed by atoms with Crippen molar-refractivity contribution < 1.29 is 23.8 Å². The molecule has 0 aromatic heterocycles. The van der Waals surface area contributed by atoms with Crippen molar-refractivity contribution in [3.05, 3.63) is 95.0 Å². The quantitative estimate of drug-likeness (QED) is 0.374. The predicted octanol–water partition coefficient (Wildman–Crippen LogP) is 4.75. The zero-order valence-electron chi connectivity index (χ0n) is 21.8. The van der Waals surface area contributed by atoms with Crippen LogP contribution >= 0.6 is 11.6 Å². The van der Waals surface area contributed by atoms with Crippen LogP contribution in [0.25, 0.3) is 0 Å². The van der Waals surface area contributed by atoms with Gasteiger partial charge in [-0.25, -0.2) is 0 Å². The van der Waals surface area contributed by atoms with E-state index in [4.69, 9.17) is 25.8 Å². The number of amides is 2. The largest absolute Gasteiger partial charge is 0.490 e. The van der Waals surface area contributed by atoms with Crippen molar-refractivity contribution in [2.75, 3.05) is 40.0 Å². The smallest absolute Gasteiger partial charge is 0.260 e. The first-order chi connectivity index (χ1) is 18.3. The molecule has 1 atom stereocenters. The first kappa shape index (κ1) is 27.5. The van der Waals surface area contributed by atoms with E-state index in [1.807, 2.05) is 61.5 Å². The molecule has 2 amide bonds. The highest BCUT2D eigenvalue weighted by Gasteiger charge is 2.42. The molecule has 1 heterocycles. The summed E-state index contributed by atoms with van der Waals surface area (Å²) in [6, 6.07) is 24.4. The number of ether oxygens (including phenoxy) is 3. The summed E-state index contributed by atoms with van der Waals surface area (Å²) >= 11 is 6.01. The van der Waals surface area contributed by atoms with Crippen molar-refractivity contribution in [1.82, 2.24) is 9.80 Å². The van der Waals surface area contributed by atoms with E-state index >= 15 is 0 Å². The number of rotatable bonds is 10. The molecule has 200 valence electrons. The lowest BCUT2D eigenvalue weighted by atomic mass is 9.96. The predicted molar refractivity (Wildman–Crippen MR) is 146 cm³/mol. The highest BCUT2D eigenvalue weighted by Crippen LogP contribution is 2.27. The fraction of sp³-hybridized carbons (Fsp3) is 0.333. The molecule has 0 spiro atoms. The van der Waals surface area contributed by atoms with Crippen molar-refractivity contribution in [3.8, 4) is 11.5 Å². The van der Waals surface area contributed by atoms with Gasteiger partial charge in [-0.15, -0.1) is 0 Å². The Kier molecular flexibility index (Phi) is 9.26. The fourth-order valence-electron chi connectivity index (χ4n) is 4.35. The molecule has 1 aliphatic rings. The summed E-state index contributed by atoms with van der Waals surface area (Å²) in [5, 5.41) is 0.601. The summed E-state index contributed by atoms with van der Waals surface area (Å²) in [5.74, 6) is 1.01. The van der Waals surface area contributed by atoms with Crippen molar-refractivity contribution in [1.29, 1.82) is 0 Å². The van der Waals surface area contributed by atoms with E-state index in [1.165, 1.54) is 0 Å². The average molecular weight is 537 g/mol. The molecular formula is C30H33ClN2O5. The van der Waals surface area contributed by atoms with E-state index in [0.29, 0.717) is 29.6 Å². The number of halogens is 1. The van der Waals surface area contributed by atoms with Gasteiger partial charge in [-0.1, -0.05) is 60.1 Å². The number of para-hydroxylation sites is 1. The minimum absolute atomic E-state index is 0.0619. The molecule has 8 heteroatoms. The normalized spacial score (nSPS) is 17.1. The molecule has 3 aromatic carbocycles. The van der Waals surface area contributed by atoms with Gasteiger partial charge in [0.15, 0.2) is 6.61 Å². The molecule has 3 aromatic rings. The Morgan fingerprint density at radius 3 is 2.45 bits per heavy atom. The topological polar surface area (TPSA) is 68.3 Å². The SMILES string of the molecule is Cc1ccccc1OCC(=O)N1CCO[C@@](COc2ccc(Cl)cc2)(CC(=O)N(C)Cc2ccccc2)C1.